The van der Waals surface area contributed by atoms with Gasteiger partial charge in [-0.1, -0.05) is 18.2 Å². The van der Waals surface area contributed by atoms with Crippen molar-refractivity contribution in [3.05, 3.63) is 34.9 Å². The van der Waals surface area contributed by atoms with Gasteiger partial charge in [-0.2, -0.15) is 0 Å². The molecule has 1 aliphatic heterocycles. The van der Waals surface area contributed by atoms with Crippen LogP contribution in [0.3, 0.4) is 0 Å². The first-order valence-corrected chi connectivity index (χ1v) is 6.99. The summed E-state index contributed by atoms with van der Waals surface area (Å²) in [7, 11) is 1.48. The van der Waals surface area contributed by atoms with Crippen molar-refractivity contribution in [1.82, 2.24) is 5.32 Å². The van der Waals surface area contributed by atoms with Gasteiger partial charge in [0.1, 0.15) is 0 Å². The van der Waals surface area contributed by atoms with Crippen molar-refractivity contribution in [3.8, 4) is 0 Å². The first kappa shape index (κ1) is 14.1. The lowest BCUT2D eigenvalue weighted by molar-refractivity contribution is -0.144. The molecule has 0 saturated carbocycles. The van der Waals surface area contributed by atoms with Gasteiger partial charge in [0.15, 0.2) is 0 Å². The molecule has 19 heavy (non-hydrogen) atoms. The third-order valence-corrected chi connectivity index (χ3v) is 4.20. The minimum Gasteiger partial charge on any atom is -0.469 e. The zero-order chi connectivity index (χ0) is 13.8. The van der Waals surface area contributed by atoms with Crippen molar-refractivity contribution in [2.75, 3.05) is 20.2 Å². The molecular weight excluding hydrogens is 238 g/mol. The number of hydrogen-bond donors (Lipinski definition) is 1. The Morgan fingerprint density at radius 2 is 1.95 bits per heavy atom. The number of piperidine rings is 1. The van der Waals surface area contributed by atoms with E-state index in [0.717, 1.165) is 31.5 Å². The maximum absolute atomic E-state index is 12.2. The Hall–Kier alpha value is -1.35. The highest BCUT2D eigenvalue weighted by Crippen LogP contribution is 2.33. The van der Waals surface area contributed by atoms with Crippen molar-refractivity contribution in [1.29, 1.82) is 0 Å². The molecular formula is C16H23NO2. The Bertz CT molecular complexity index is 450. The minimum absolute atomic E-state index is 0.102. The number of carbonyl (C=O) groups excluding carboxylic acids is 1. The molecule has 0 spiro atoms. The van der Waals surface area contributed by atoms with E-state index in [1.165, 1.54) is 18.2 Å². The molecule has 1 aromatic rings. The van der Waals surface area contributed by atoms with Gasteiger partial charge in [0.2, 0.25) is 0 Å². The lowest BCUT2D eigenvalue weighted by Gasteiger charge is -2.29. The van der Waals surface area contributed by atoms with Crippen LogP contribution in [0.25, 0.3) is 0 Å². The van der Waals surface area contributed by atoms with Crippen LogP contribution in [0.5, 0.6) is 0 Å². The van der Waals surface area contributed by atoms with Gasteiger partial charge >= 0.3 is 5.97 Å². The molecule has 1 heterocycles. The highest BCUT2D eigenvalue weighted by molar-refractivity contribution is 5.78. The van der Waals surface area contributed by atoms with Gasteiger partial charge in [0, 0.05) is 0 Å². The molecule has 2 rings (SSSR count). The van der Waals surface area contributed by atoms with Crippen LogP contribution in [0.1, 0.15) is 35.4 Å². The molecule has 104 valence electrons. The van der Waals surface area contributed by atoms with E-state index in [-0.39, 0.29) is 11.9 Å². The predicted octanol–water partition coefficient (Wildman–Crippen LogP) is 2.56. The molecule has 0 amide bonds. The summed E-state index contributed by atoms with van der Waals surface area (Å²) in [4.78, 5) is 12.2. The van der Waals surface area contributed by atoms with Crippen LogP contribution in [0.2, 0.25) is 0 Å². The molecule has 1 saturated heterocycles. The quantitative estimate of drug-likeness (QED) is 0.850. The Kier molecular flexibility index (Phi) is 4.59. The van der Waals surface area contributed by atoms with Crippen LogP contribution in [0.4, 0.5) is 0 Å². The first-order chi connectivity index (χ1) is 9.13. The normalized spacial score (nSPS) is 18.1. The molecule has 0 radical (unpaired) electrons. The largest absolute Gasteiger partial charge is 0.469 e. The molecule has 1 aromatic carbocycles. The van der Waals surface area contributed by atoms with E-state index >= 15 is 0 Å². The van der Waals surface area contributed by atoms with E-state index in [1.54, 1.807) is 0 Å². The second kappa shape index (κ2) is 6.20. The second-order valence-corrected chi connectivity index (χ2v) is 5.43. The molecule has 0 aliphatic carbocycles. The number of hydrogen-bond acceptors (Lipinski definition) is 3. The van der Waals surface area contributed by atoms with E-state index < -0.39 is 0 Å². The van der Waals surface area contributed by atoms with E-state index in [0.29, 0.717) is 5.92 Å². The third-order valence-electron chi connectivity index (χ3n) is 4.20. The molecule has 3 nitrogen and oxygen atoms in total. The van der Waals surface area contributed by atoms with Crippen molar-refractivity contribution < 1.29 is 9.53 Å². The first-order valence-electron chi connectivity index (χ1n) is 6.99. The number of benzene rings is 1. The van der Waals surface area contributed by atoms with E-state index in [1.807, 2.05) is 0 Å². The fourth-order valence-electron chi connectivity index (χ4n) is 2.86. The highest BCUT2D eigenvalue weighted by Gasteiger charge is 2.31. The van der Waals surface area contributed by atoms with E-state index in [4.69, 9.17) is 4.74 Å². The number of nitrogens with one attached hydrogen (secondary N) is 1. The van der Waals surface area contributed by atoms with Crippen LogP contribution >= 0.6 is 0 Å². The second-order valence-electron chi connectivity index (χ2n) is 5.43. The summed E-state index contributed by atoms with van der Waals surface area (Å²) >= 11 is 0. The fourth-order valence-corrected chi connectivity index (χ4v) is 2.86. The lowest BCUT2D eigenvalue weighted by atomic mass is 9.80. The summed E-state index contributed by atoms with van der Waals surface area (Å²) in [6, 6.07) is 6.31. The number of carbonyl (C=O) groups is 1. The van der Waals surface area contributed by atoms with Gasteiger partial charge in [0.25, 0.3) is 0 Å². The van der Waals surface area contributed by atoms with Crippen molar-refractivity contribution >= 4 is 5.97 Å². The van der Waals surface area contributed by atoms with Crippen LogP contribution in [-0.4, -0.2) is 26.2 Å². The molecule has 1 N–H and O–H groups in total. The Balaban J connectivity index is 2.30. The number of esters is 1. The van der Waals surface area contributed by atoms with E-state index in [9.17, 15) is 4.79 Å². The maximum Gasteiger partial charge on any atom is 0.313 e. The van der Waals surface area contributed by atoms with Crippen molar-refractivity contribution in [2.45, 2.75) is 32.6 Å². The molecule has 3 heteroatoms. The maximum atomic E-state index is 12.2. The number of aryl methyl sites for hydroxylation is 2. The summed E-state index contributed by atoms with van der Waals surface area (Å²) in [6.45, 7) is 6.17. The molecule has 0 aromatic heterocycles. The SMILES string of the molecule is COC(=O)C(c1ccc(C)c(C)c1)C1CCNCC1. The van der Waals surface area contributed by atoms with Gasteiger partial charge in [-0.25, -0.2) is 0 Å². The Morgan fingerprint density at radius 1 is 1.26 bits per heavy atom. The topological polar surface area (TPSA) is 38.3 Å². The molecule has 0 bridgehead atoms. The lowest BCUT2D eigenvalue weighted by Crippen LogP contribution is -2.34. The predicted molar refractivity (Wildman–Crippen MR) is 76.3 cm³/mol. The molecule has 1 unspecified atom stereocenters. The number of methoxy groups -OCH3 is 1. The van der Waals surface area contributed by atoms with E-state index in [2.05, 4.69) is 37.4 Å². The average Bonchev–Trinajstić information content (AvgIpc) is 2.44. The van der Waals surface area contributed by atoms with Crippen molar-refractivity contribution in [3.63, 3.8) is 0 Å². The fraction of sp³-hybridized carbons (Fsp3) is 0.562. The third kappa shape index (κ3) is 3.16. The van der Waals surface area contributed by atoms with Crippen LogP contribution in [0, 0.1) is 19.8 Å². The van der Waals surface area contributed by atoms with Crippen LogP contribution in [0.15, 0.2) is 18.2 Å². The summed E-state index contributed by atoms with van der Waals surface area (Å²) in [5.74, 6) is 0.164. The summed E-state index contributed by atoms with van der Waals surface area (Å²) in [6.07, 6.45) is 2.07. The minimum atomic E-state index is -0.119. The van der Waals surface area contributed by atoms with Gasteiger partial charge in [-0.05, 0) is 62.4 Å². The monoisotopic (exact) mass is 261 g/mol. The average molecular weight is 261 g/mol. The van der Waals surface area contributed by atoms with Gasteiger partial charge in [-0.15, -0.1) is 0 Å². The smallest absolute Gasteiger partial charge is 0.313 e. The molecule has 1 aliphatic rings. The van der Waals surface area contributed by atoms with Gasteiger partial charge in [-0.3, -0.25) is 4.79 Å². The van der Waals surface area contributed by atoms with Crippen molar-refractivity contribution in [2.24, 2.45) is 5.92 Å². The van der Waals surface area contributed by atoms with Gasteiger partial charge in [0.05, 0.1) is 13.0 Å². The van der Waals surface area contributed by atoms with Crippen LogP contribution < -0.4 is 5.32 Å². The highest BCUT2D eigenvalue weighted by atomic mass is 16.5. The zero-order valence-electron chi connectivity index (χ0n) is 12.0. The molecule has 1 atom stereocenters. The van der Waals surface area contributed by atoms with Crippen LogP contribution in [-0.2, 0) is 9.53 Å². The Labute approximate surface area is 115 Å². The summed E-state index contributed by atoms with van der Waals surface area (Å²) in [5.41, 5.74) is 3.60. The number of ether oxygens (including phenoxy) is 1. The molecule has 1 fully saturated rings. The van der Waals surface area contributed by atoms with Gasteiger partial charge < -0.3 is 10.1 Å². The summed E-state index contributed by atoms with van der Waals surface area (Å²) in [5, 5.41) is 3.35. The standard InChI is InChI=1S/C16H23NO2/c1-11-4-5-14(10-12(11)2)15(16(18)19-3)13-6-8-17-9-7-13/h4-5,10,13,15,17H,6-9H2,1-3H3. The summed E-state index contributed by atoms with van der Waals surface area (Å²) < 4.78 is 5.03. The zero-order valence-corrected chi connectivity index (χ0v) is 12.0. The number of rotatable bonds is 3. The Morgan fingerprint density at radius 3 is 2.53 bits per heavy atom.